The van der Waals surface area contributed by atoms with Gasteiger partial charge in [0.05, 0.1) is 37.6 Å². The molecule has 0 aliphatic heterocycles. The molecule has 0 saturated heterocycles. The first-order valence-corrected chi connectivity index (χ1v) is 17.5. The minimum absolute atomic E-state index is 0.222. The number of carbonyl (C=O) groups excluding carboxylic acids is 3. The molecule has 1 atom stereocenters. The predicted molar refractivity (Wildman–Crippen MR) is 192 cm³/mol. The molecule has 0 aliphatic carbocycles. The van der Waals surface area contributed by atoms with E-state index >= 15 is 0 Å². The Labute approximate surface area is 289 Å². The number of fused-ring (bicyclic) bond motifs is 1. The van der Waals surface area contributed by atoms with Gasteiger partial charge in [-0.25, -0.2) is 9.48 Å². The van der Waals surface area contributed by atoms with E-state index in [1.807, 2.05) is 19.1 Å². The number of carbonyl (C=O) groups is 3. The second kappa shape index (κ2) is 19.3. The van der Waals surface area contributed by atoms with Crippen molar-refractivity contribution in [3.8, 4) is 11.5 Å². The van der Waals surface area contributed by atoms with E-state index in [0.717, 1.165) is 24.8 Å². The Morgan fingerprint density at radius 2 is 1.39 bits per heavy atom. The smallest absolute Gasteiger partial charge is 0.338 e. The summed E-state index contributed by atoms with van der Waals surface area (Å²) in [6.07, 6.45) is 14.7. The van der Waals surface area contributed by atoms with Crippen LogP contribution < -0.4 is 14.8 Å². The SMILES string of the molecule is CCCCCCCCCCCCCCOC(=O)c1ccc(OC)c(NC(=O)C(C(=O)c2ccc(OC)cc2)n2nnc3cc(C)ccc32)c1. The second-order valence-electron chi connectivity index (χ2n) is 12.5. The summed E-state index contributed by atoms with van der Waals surface area (Å²) >= 11 is 0. The Balaban J connectivity index is 1.39. The van der Waals surface area contributed by atoms with Crippen molar-refractivity contribution in [1.29, 1.82) is 0 Å². The number of aryl methyl sites for hydroxylation is 1. The van der Waals surface area contributed by atoms with Crippen LogP contribution in [0.4, 0.5) is 5.69 Å². The molecule has 1 heterocycles. The summed E-state index contributed by atoms with van der Waals surface area (Å²) in [7, 11) is 3.00. The fraction of sp³-hybridized carbons (Fsp3) is 0.462. The van der Waals surface area contributed by atoms with Crippen LogP contribution in [0.3, 0.4) is 0 Å². The Hall–Kier alpha value is -4.73. The van der Waals surface area contributed by atoms with E-state index in [-0.39, 0.29) is 11.3 Å². The molecule has 0 aliphatic rings. The van der Waals surface area contributed by atoms with Crippen molar-refractivity contribution in [2.45, 2.75) is 96.9 Å². The molecule has 1 unspecified atom stereocenters. The van der Waals surface area contributed by atoms with E-state index in [9.17, 15) is 14.4 Å². The number of ether oxygens (including phenoxy) is 3. The summed E-state index contributed by atoms with van der Waals surface area (Å²) < 4.78 is 17.6. The first-order chi connectivity index (χ1) is 23.9. The minimum atomic E-state index is -1.41. The maximum absolute atomic E-state index is 14.0. The topological polar surface area (TPSA) is 122 Å². The number of rotatable bonds is 21. The van der Waals surface area contributed by atoms with Crippen molar-refractivity contribution in [2.24, 2.45) is 0 Å². The van der Waals surface area contributed by atoms with Crippen LogP contribution in [0.15, 0.2) is 60.7 Å². The van der Waals surface area contributed by atoms with Crippen molar-refractivity contribution < 1.29 is 28.6 Å². The first kappa shape index (κ1) is 37.1. The molecule has 3 aromatic carbocycles. The highest BCUT2D eigenvalue weighted by molar-refractivity contribution is 6.16. The summed E-state index contributed by atoms with van der Waals surface area (Å²) in [5, 5.41) is 11.2. The van der Waals surface area contributed by atoms with Gasteiger partial charge in [-0.3, -0.25) is 9.59 Å². The average molecular weight is 671 g/mol. The first-order valence-electron chi connectivity index (χ1n) is 17.5. The molecule has 4 aromatic rings. The number of Topliss-reactive ketones (excluding diaryl/α,β-unsaturated/α-hetero) is 1. The number of benzene rings is 3. The van der Waals surface area contributed by atoms with Gasteiger partial charge in [0.25, 0.3) is 5.91 Å². The lowest BCUT2D eigenvalue weighted by Crippen LogP contribution is -2.33. The third-order valence-corrected chi connectivity index (χ3v) is 8.67. The fourth-order valence-electron chi connectivity index (χ4n) is 5.82. The van der Waals surface area contributed by atoms with E-state index < -0.39 is 23.7 Å². The van der Waals surface area contributed by atoms with Crippen molar-refractivity contribution >= 4 is 34.4 Å². The quantitative estimate of drug-likeness (QED) is 0.0405. The molecular formula is C39H50N4O6. The molecule has 1 amide bonds. The maximum Gasteiger partial charge on any atom is 0.338 e. The molecule has 10 heteroatoms. The van der Waals surface area contributed by atoms with E-state index in [4.69, 9.17) is 14.2 Å². The number of unbranched alkanes of at least 4 members (excludes halogenated alkanes) is 11. The Bertz CT molecular complexity index is 1670. The molecule has 0 spiro atoms. The van der Waals surface area contributed by atoms with Gasteiger partial charge in [0.15, 0.2) is 11.8 Å². The zero-order valence-corrected chi connectivity index (χ0v) is 29.3. The Morgan fingerprint density at radius 3 is 2.02 bits per heavy atom. The van der Waals surface area contributed by atoms with Crippen LogP contribution in [0.1, 0.15) is 116 Å². The third-order valence-electron chi connectivity index (χ3n) is 8.67. The van der Waals surface area contributed by atoms with Crippen LogP contribution in [0.2, 0.25) is 0 Å². The van der Waals surface area contributed by atoms with E-state index in [2.05, 4.69) is 22.6 Å². The third kappa shape index (κ3) is 10.6. The number of aromatic nitrogens is 3. The Kier molecular flexibility index (Phi) is 14.6. The summed E-state index contributed by atoms with van der Waals surface area (Å²) in [4.78, 5) is 40.9. The molecule has 262 valence electrons. The summed E-state index contributed by atoms with van der Waals surface area (Å²) in [5.41, 5.74) is 2.81. The molecular weight excluding hydrogens is 620 g/mol. The number of esters is 1. The van der Waals surface area contributed by atoms with Gasteiger partial charge in [0, 0.05) is 5.56 Å². The van der Waals surface area contributed by atoms with Crippen molar-refractivity contribution in [1.82, 2.24) is 15.0 Å². The van der Waals surface area contributed by atoms with Crippen LogP contribution in [-0.4, -0.2) is 53.5 Å². The van der Waals surface area contributed by atoms with E-state index in [1.54, 1.807) is 42.5 Å². The molecule has 0 radical (unpaired) electrons. The summed E-state index contributed by atoms with van der Waals surface area (Å²) in [6.45, 7) is 4.49. The summed E-state index contributed by atoms with van der Waals surface area (Å²) in [5.74, 6) is -0.769. The highest BCUT2D eigenvalue weighted by Crippen LogP contribution is 2.29. The number of nitrogens with one attached hydrogen (secondary N) is 1. The zero-order valence-electron chi connectivity index (χ0n) is 29.3. The van der Waals surface area contributed by atoms with Gasteiger partial charge in [0.1, 0.15) is 17.0 Å². The number of amides is 1. The highest BCUT2D eigenvalue weighted by atomic mass is 16.5. The number of methoxy groups -OCH3 is 2. The average Bonchev–Trinajstić information content (AvgIpc) is 3.52. The Morgan fingerprint density at radius 1 is 0.755 bits per heavy atom. The predicted octanol–water partition coefficient (Wildman–Crippen LogP) is 8.68. The molecule has 4 rings (SSSR count). The number of hydrogen-bond acceptors (Lipinski definition) is 8. The fourth-order valence-corrected chi connectivity index (χ4v) is 5.82. The van der Waals surface area contributed by atoms with E-state index in [0.29, 0.717) is 34.7 Å². The molecule has 0 saturated carbocycles. The lowest BCUT2D eigenvalue weighted by molar-refractivity contribution is -0.118. The normalized spacial score (nSPS) is 11.7. The molecule has 0 fully saturated rings. The lowest BCUT2D eigenvalue weighted by atomic mass is 10.0. The lowest BCUT2D eigenvalue weighted by Gasteiger charge is -2.18. The molecule has 0 bridgehead atoms. The van der Waals surface area contributed by atoms with Crippen LogP contribution in [0.5, 0.6) is 11.5 Å². The van der Waals surface area contributed by atoms with Crippen LogP contribution in [-0.2, 0) is 9.53 Å². The van der Waals surface area contributed by atoms with Crippen molar-refractivity contribution in [2.75, 3.05) is 26.1 Å². The van der Waals surface area contributed by atoms with Gasteiger partial charge in [-0.15, -0.1) is 5.10 Å². The standard InChI is InChI=1S/C39H50N4O6/c1-5-6-7-8-9-10-11-12-13-14-15-16-25-49-39(46)30-20-24-35(48-4)33(27-30)40-38(45)36(37(44)29-18-21-31(47-3)22-19-29)43-34-23-17-28(2)26-32(34)41-42-43/h17-24,26-27,36H,5-16,25H2,1-4H3,(H,40,45). The highest BCUT2D eigenvalue weighted by Gasteiger charge is 2.33. The number of nitrogens with zero attached hydrogens (tertiary/aromatic N) is 3. The molecule has 10 nitrogen and oxygen atoms in total. The number of anilines is 1. The van der Waals surface area contributed by atoms with Crippen molar-refractivity contribution in [3.63, 3.8) is 0 Å². The van der Waals surface area contributed by atoms with Crippen molar-refractivity contribution in [3.05, 3.63) is 77.4 Å². The van der Waals surface area contributed by atoms with Gasteiger partial charge in [-0.2, -0.15) is 0 Å². The maximum atomic E-state index is 14.0. The van der Waals surface area contributed by atoms with Gasteiger partial charge in [-0.05, 0) is 73.5 Å². The molecule has 1 N–H and O–H groups in total. The molecule has 49 heavy (non-hydrogen) atoms. The number of ketones is 1. The van der Waals surface area contributed by atoms with Gasteiger partial charge < -0.3 is 19.5 Å². The summed E-state index contributed by atoms with van der Waals surface area (Å²) in [6, 6.07) is 15.2. The second-order valence-corrected chi connectivity index (χ2v) is 12.5. The van der Waals surface area contributed by atoms with Gasteiger partial charge in [-0.1, -0.05) is 88.8 Å². The van der Waals surface area contributed by atoms with Crippen LogP contribution in [0, 0.1) is 6.92 Å². The largest absolute Gasteiger partial charge is 0.497 e. The van der Waals surface area contributed by atoms with E-state index in [1.165, 1.54) is 82.8 Å². The van der Waals surface area contributed by atoms with Crippen LogP contribution >= 0.6 is 0 Å². The van der Waals surface area contributed by atoms with Crippen LogP contribution in [0.25, 0.3) is 11.0 Å². The van der Waals surface area contributed by atoms with Gasteiger partial charge in [0.2, 0.25) is 0 Å². The molecule has 1 aromatic heterocycles. The van der Waals surface area contributed by atoms with Gasteiger partial charge >= 0.3 is 5.97 Å². The zero-order chi connectivity index (χ0) is 35.0. The number of hydrogen-bond donors (Lipinski definition) is 1. The minimum Gasteiger partial charge on any atom is -0.497 e. The monoisotopic (exact) mass is 670 g/mol.